The Labute approximate surface area is 258 Å². The number of hydrogen-bond acceptors (Lipinski definition) is 3. The van der Waals surface area contributed by atoms with Crippen molar-refractivity contribution in [1.29, 1.82) is 0 Å². The smallest absolute Gasteiger partial charge is 0.160 e. The molecule has 44 heavy (non-hydrogen) atoms. The zero-order chi connectivity index (χ0) is 29.0. The molecule has 206 valence electrons. The van der Waals surface area contributed by atoms with E-state index in [9.17, 15) is 0 Å². The van der Waals surface area contributed by atoms with Gasteiger partial charge in [-0.05, 0) is 54.6 Å². The topological polar surface area (TPSA) is 30.7 Å². The van der Waals surface area contributed by atoms with Gasteiger partial charge in [0.1, 0.15) is 0 Å². The van der Waals surface area contributed by atoms with Gasteiger partial charge >= 0.3 is 0 Å². The van der Waals surface area contributed by atoms with Gasteiger partial charge in [0.25, 0.3) is 0 Å². The maximum absolute atomic E-state index is 5.03. The van der Waals surface area contributed by atoms with Crippen molar-refractivity contribution in [2.45, 2.75) is 0 Å². The average molecular weight is 580 g/mol. The van der Waals surface area contributed by atoms with Crippen molar-refractivity contribution >= 4 is 53.3 Å². The van der Waals surface area contributed by atoms with Crippen molar-refractivity contribution in [3.8, 4) is 39.6 Å². The Hall–Kier alpha value is -5.58. The highest BCUT2D eigenvalue weighted by Gasteiger charge is 2.18. The van der Waals surface area contributed by atoms with Gasteiger partial charge in [0.05, 0.1) is 22.4 Å². The molecule has 3 heterocycles. The molecular formula is C40H25N3S. The van der Waals surface area contributed by atoms with E-state index in [1.165, 1.54) is 42.0 Å². The van der Waals surface area contributed by atoms with Crippen LogP contribution in [0.5, 0.6) is 0 Å². The van der Waals surface area contributed by atoms with E-state index < -0.39 is 0 Å². The summed E-state index contributed by atoms with van der Waals surface area (Å²) in [7, 11) is 0. The van der Waals surface area contributed by atoms with Crippen LogP contribution < -0.4 is 0 Å². The molecule has 0 radical (unpaired) electrons. The van der Waals surface area contributed by atoms with Crippen LogP contribution >= 0.6 is 11.3 Å². The van der Waals surface area contributed by atoms with Gasteiger partial charge in [-0.1, -0.05) is 97.1 Å². The molecule has 0 atom stereocenters. The SMILES string of the molecule is c1ccc(-c2cc(-c3ccccc3)nc(-c3ccc(-n4c5ccccc5c5c6c(ccc54)sc4ccccc46)cc3)n2)cc1. The summed E-state index contributed by atoms with van der Waals surface area (Å²) in [6.07, 6.45) is 0. The summed E-state index contributed by atoms with van der Waals surface area (Å²) in [4.78, 5) is 10.1. The van der Waals surface area contributed by atoms with Gasteiger partial charge in [-0.3, -0.25) is 0 Å². The summed E-state index contributed by atoms with van der Waals surface area (Å²) in [5.41, 5.74) is 8.47. The van der Waals surface area contributed by atoms with Crippen LogP contribution in [-0.4, -0.2) is 14.5 Å². The third kappa shape index (κ3) is 3.96. The van der Waals surface area contributed by atoms with E-state index in [4.69, 9.17) is 9.97 Å². The third-order valence-corrected chi connectivity index (χ3v) is 9.56. The summed E-state index contributed by atoms with van der Waals surface area (Å²) in [6.45, 7) is 0. The predicted molar refractivity (Wildman–Crippen MR) is 186 cm³/mol. The lowest BCUT2D eigenvalue weighted by Gasteiger charge is -2.11. The van der Waals surface area contributed by atoms with Crippen molar-refractivity contribution in [1.82, 2.24) is 14.5 Å². The minimum Gasteiger partial charge on any atom is -0.309 e. The molecule has 0 spiro atoms. The summed E-state index contributed by atoms with van der Waals surface area (Å²) in [5, 5.41) is 5.24. The van der Waals surface area contributed by atoms with E-state index in [2.05, 4.69) is 120 Å². The molecule has 0 saturated heterocycles. The van der Waals surface area contributed by atoms with E-state index in [1.54, 1.807) is 0 Å². The zero-order valence-electron chi connectivity index (χ0n) is 23.7. The molecule has 9 rings (SSSR count). The molecular weight excluding hydrogens is 555 g/mol. The minimum atomic E-state index is 0.713. The molecule has 0 saturated carbocycles. The lowest BCUT2D eigenvalue weighted by atomic mass is 10.1. The fraction of sp³-hybridized carbons (Fsp3) is 0. The minimum absolute atomic E-state index is 0.713. The molecule has 0 aliphatic rings. The molecule has 0 N–H and O–H groups in total. The number of hydrogen-bond donors (Lipinski definition) is 0. The summed E-state index contributed by atoms with van der Waals surface area (Å²) in [6, 6.07) is 53.4. The second kappa shape index (κ2) is 10.0. The summed E-state index contributed by atoms with van der Waals surface area (Å²) < 4.78 is 5.03. The molecule has 4 heteroatoms. The highest BCUT2D eigenvalue weighted by molar-refractivity contribution is 7.26. The van der Waals surface area contributed by atoms with Crippen molar-refractivity contribution in [2.75, 3.05) is 0 Å². The molecule has 0 aliphatic heterocycles. The van der Waals surface area contributed by atoms with Crippen LogP contribution in [0, 0.1) is 0 Å². The molecule has 9 aromatic rings. The number of aromatic nitrogens is 3. The normalized spacial score (nSPS) is 11.6. The first-order valence-electron chi connectivity index (χ1n) is 14.8. The van der Waals surface area contributed by atoms with Crippen molar-refractivity contribution in [3.05, 3.63) is 152 Å². The molecule has 0 aliphatic carbocycles. The Morgan fingerprint density at radius 1 is 0.432 bits per heavy atom. The largest absolute Gasteiger partial charge is 0.309 e. The van der Waals surface area contributed by atoms with Crippen LogP contribution in [0.3, 0.4) is 0 Å². The maximum Gasteiger partial charge on any atom is 0.160 e. The molecule has 0 bridgehead atoms. The summed E-state index contributed by atoms with van der Waals surface area (Å²) >= 11 is 1.87. The lowest BCUT2D eigenvalue weighted by molar-refractivity contribution is 1.16. The van der Waals surface area contributed by atoms with Crippen molar-refractivity contribution < 1.29 is 0 Å². The van der Waals surface area contributed by atoms with Gasteiger partial charge in [0.15, 0.2) is 5.82 Å². The maximum atomic E-state index is 5.03. The number of thiophene rings is 1. The Balaban J connectivity index is 1.22. The Morgan fingerprint density at radius 2 is 1.05 bits per heavy atom. The van der Waals surface area contributed by atoms with Crippen molar-refractivity contribution in [3.63, 3.8) is 0 Å². The van der Waals surface area contributed by atoms with E-state index in [0.717, 1.165) is 33.8 Å². The van der Waals surface area contributed by atoms with E-state index in [-0.39, 0.29) is 0 Å². The quantitative estimate of drug-likeness (QED) is 0.208. The molecule has 0 fully saturated rings. The van der Waals surface area contributed by atoms with Gasteiger partial charge in [0, 0.05) is 53.3 Å². The molecule has 3 aromatic heterocycles. The predicted octanol–water partition coefficient (Wildman–Crippen LogP) is 10.9. The van der Waals surface area contributed by atoms with Gasteiger partial charge in [-0.2, -0.15) is 0 Å². The van der Waals surface area contributed by atoms with Crippen molar-refractivity contribution in [2.24, 2.45) is 0 Å². The second-order valence-electron chi connectivity index (χ2n) is 11.0. The zero-order valence-corrected chi connectivity index (χ0v) is 24.5. The number of nitrogens with zero attached hydrogens (tertiary/aromatic N) is 3. The van der Waals surface area contributed by atoms with E-state index in [1.807, 2.05) is 47.7 Å². The highest BCUT2D eigenvalue weighted by Crippen LogP contribution is 2.43. The number of rotatable bonds is 4. The first-order chi connectivity index (χ1) is 21.8. The van der Waals surface area contributed by atoms with Crippen LogP contribution in [0.4, 0.5) is 0 Å². The molecule has 3 nitrogen and oxygen atoms in total. The first kappa shape index (κ1) is 25.0. The molecule has 6 aromatic carbocycles. The van der Waals surface area contributed by atoms with Crippen LogP contribution in [0.15, 0.2) is 152 Å². The first-order valence-corrected chi connectivity index (χ1v) is 15.6. The van der Waals surface area contributed by atoms with Gasteiger partial charge in [0.2, 0.25) is 0 Å². The fourth-order valence-electron chi connectivity index (χ4n) is 6.40. The van der Waals surface area contributed by atoms with Crippen LogP contribution in [0.1, 0.15) is 0 Å². The lowest BCUT2D eigenvalue weighted by Crippen LogP contribution is -1.97. The number of fused-ring (bicyclic) bond motifs is 7. The number of benzene rings is 6. The fourth-order valence-corrected chi connectivity index (χ4v) is 7.52. The van der Waals surface area contributed by atoms with Gasteiger partial charge in [-0.15, -0.1) is 11.3 Å². The van der Waals surface area contributed by atoms with E-state index >= 15 is 0 Å². The Morgan fingerprint density at radius 3 is 1.75 bits per heavy atom. The van der Waals surface area contributed by atoms with E-state index in [0.29, 0.717) is 5.82 Å². The summed E-state index contributed by atoms with van der Waals surface area (Å²) in [5.74, 6) is 0.713. The Bertz CT molecular complexity index is 2420. The average Bonchev–Trinajstić information content (AvgIpc) is 3.64. The molecule has 0 amide bonds. The Kier molecular flexibility index (Phi) is 5.68. The second-order valence-corrected chi connectivity index (χ2v) is 12.1. The highest BCUT2D eigenvalue weighted by atomic mass is 32.1. The van der Waals surface area contributed by atoms with Crippen LogP contribution in [0.25, 0.3) is 81.6 Å². The third-order valence-electron chi connectivity index (χ3n) is 8.43. The van der Waals surface area contributed by atoms with Gasteiger partial charge < -0.3 is 4.57 Å². The molecule has 0 unspecified atom stereocenters. The van der Waals surface area contributed by atoms with Crippen LogP contribution in [0.2, 0.25) is 0 Å². The van der Waals surface area contributed by atoms with Gasteiger partial charge in [-0.25, -0.2) is 9.97 Å². The number of para-hydroxylation sites is 1. The van der Waals surface area contributed by atoms with Crippen LogP contribution in [-0.2, 0) is 0 Å². The monoisotopic (exact) mass is 579 g/mol. The standard InChI is InChI=1S/C40H25N3S/c1-3-11-26(12-4-1)32-25-33(27-13-5-2-6-14-27)42-40(41-32)28-19-21-29(22-20-28)43-34-17-9-7-15-30(34)38-35(43)23-24-37-39(38)31-16-8-10-18-36(31)44-37/h1-25H.